The normalized spacial score (nSPS) is 12.0. The van der Waals surface area contributed by atoms with Crippen molar-refractivity contribution in [3.05, 3.63) is 63.7 Å². The van der Waals surface area contributed by atoms with E-state index in [2.05, 4.69) is 6.26 Å². The van der Waals surface area contributed by atoms with Crippen LogP contribution in [0.1, 0.15) is 55.1 Å². The Balaban J connectivity index is 1.71. The van der Waals surface area contributed by atoms with Crippen LogP contribution in [0, 0.1) is 6.26 Å². The number of phenols is 1. The number of Topliss-reactive ketones (excluding diaryl/α,β-unsaturated/α-hetero) is 1. The number of carbonyl (C=O) groups excluding carboxylic acids is 1. The van der Waals surface area contributed by atoms with E-state index in [9.17, 15) is 19.8 Å². The van der Waals surface area contributed by atoms with Crippen molar-refractivity contribution in [1.82, 2.24) is 0 Å². The van der Waals surface area contributed by atoms with Gasteiger partial charge in [-0.3, -0.25) is 4.79 Å². The van der Waals surface area contributed by atoms with Crippen LogP contribution in [0.5, 0.6) is 17.2 Å². The summed E-state index contributed by atoms with van der Waals surface area (Å²) < 4.78 is 16.5. The SMILES string of the molecule is CCCc1cc2c(=O)o[c]cc2cc1OCC(O)COc1ccc(C(C)=O)c(O)c1CCC. The third-order valence-electron chi connectivity index (χ3n) is 5.32. The highest BCUT2D eigenvalue weighted by Gasteiger charge is 2.17. The quantitative estimate of drug-likeness (QED) is 0.419. The molecule has 0 saturated carbocycles. The smallest absolute Gasteiger partial charge is 0.344 e. The third kappa shape index (κ3) is 5.73. The molecule has 0 aliphatic heterocycles. The maximum atomic E-state index is 12.0. The molecule has 0 fully saturated rings. The maximum Gasteiger partial charge on any atom is 0.344 e. The zero-order chi connectivity index (χ0) is 24.0. The molecule has 1 heterocycles. The Morgan fingerprint density at radius 2 is 1.79 bits per heavy atom. The second kappa shape index (κ2) is 11.0. The number of ether oxygens (including phenoxy) is 2. The minimum atomic E-state index is -0.938. The van der Waals surface area contributed by atoms with E-state index >= 15 is 0 Å². The molecular weight excluding hydrogens is 424 g/mol. The van der Waals surface area contributed by atoms with Crippen molar-refractivity contribution in [2.24, 2.45) is 0 Å². The van der Waals surface area contributed by atoms with Gasteiger partial charge in [-0.15, -0.1) is 0 Å². The predicted octanol–water partition coefficient (Wildman–Crippen LogP) is 4.23. The molecule has 175 valence electrons. The Bertz CT molecular complexity index is 1180. The van der Waals surface area contributed by atoms with Crippen LogP contribution in [0.25, 0.3) is 10.8 Å². The molecule has 3 rings (SSSR count). The number of ketones is 1. The van der Waals surface area contributed by atoms with Crippen molar-refractivity contribution >= 4 is 16.6 Å². The minimum Gasteiger partial charge on any atom is -0.507 e. The molecule has 0 aliphatic carbocycles. The van der Waals surface area contributed by atoms with Crippen LogP contribution in [0.4, 0.5) is 0 Å². The second-order valence-electron chi connectivity index (χ2n) is 7.97. The molecule has 33 heavy (non-hydrogen) atoms. The number of fused-ring (bicyclic) bond motifs is 1. The summed E-state index contributed by atoms with van der Waals surface area (Å²) in [5.41, 5.74) is 1.20. The number of phenolic OH excluding ortho intramolecular Hbond substituents is 1. The summed E-state index contributed by atoms with van der Waals surface area (Å²) in [5.74, 6) is 0.711. The van der Waals surface area contributed by atoms with Crippen molar-refractivity contribution in [3.63, 3.8) is 0 Å². The van der Waals surface area contributed by atoms with Gasteiger partial charge in [0.25, 0.3) is 0 Å². The van der Waals surface area contributed by atoms with E-state index < -0.39 is 11.7 Å². The highest BCUT2D eigenvalue weighted by atomic mass is 16.5. The summed E-state index contributed by atoms with van der Waals surface area (Å²) >= 11 is 0. The molecule has 0 saturated heterocycles. The summed E-state index contributed by atoms with van der Waals surface area (Å²) in [7, 11) is 0. The number of aliphatic hydroxyl groups excluding tert-OH is 1. The first-order valence-electron chi connectivity index (χ1n) is 11.1. The molecule has 7 nitrogen and oxygen atoms in total. The molecule has 0 bridgehead atoms. The van der Waals surface area contributed by atoms with Crippen molar-refractivity contribution in [1.29, 1.82) is 0 Å². The highest BCUT2D eigenvalue weighted by Crippen LogP contribution is 2.33. The van der Waals surface area contributed by atoms with Crippen LogP contribution >= 0.6 is 0 Å². The lowest BCUT2D eigenvalue weighted by Gasteiger charge is -2.18. The van der Waals surface area contributed by atoms with E-state index in [0.717, 1.165) is 18.4 Å². The average Bonchev–Trinajstić information content (AvgIpc) is 2.78. The molecule has 3 aromatic rings. The summed E-state index contributed by atoms with van der Waals surface area (Å²) in [4.78, 5) is 23.7. The maximum absolute atomic E-state index is 12.0. The van der Waals surface area contributed by atoms with Gasteiger partial charge >= 0.3 is 5.63 Å². The van der Waals surface area contributed by atoms with Crippen molar-refractivity contribution < 1.29 is 28.9 Å². The van der Waals surface area contributed by atoms with Crippen molar-refractivity contribution in [3.8, 4) is 17.2 Å². The van der Waals surface area contributed by atoms with Gasteiger partial charge in [-0.05, 0) is 61.0 Å². The Morgan fingerprint density at radius 1 is 1.09 bits per heavy atom. The first-order chi connectivity index (χ1) is 15.8. The lowest BCUT2D eigenvalue weighted by Crippen LogP contribution is -2.25. The topological polar surface area (TPSA) is 106 Å². The van der Waals surface area contributed by atoms with Gasteiger partial charge in [-0.25, -0.2) is 4.79 Å². The summed E-state index contributed by atoms with van der Waals surface area (Å²) in [6.45, 7) is 5.32. The Morgan fingerprint density at radius 3 is 2.45 bits per heavy atom. The monoisotopic (exact) mass is 453 g/mol. The van der Waals surface area contributed by atoms with Gasteiger partial charge in [0, 0.05) is 5.56 Å². The molecular formula is C26H29O7. The van der Waals surface area contributed by atoms with Gasteiger partial charge in [-0.1, -0.05) is 26.7 Å². The fraction of sp³-hybridized carbons (Fsp3) is 0.385. The fourth-order valence-electron chi connectivity index (χ4n) is 3.69. The second-order valence-corrected chi connectivity index (χ2v) is 7.97. The van der Waals surface area contributed by atoms with Gasteiger partial charge in [0.2, 0.25) is 0 Å². The van der Waals surface area contributed by atoms with Crippen molar-refractivity contribution in [2.45, 2.75) is 52.6 Å². The first-order valence-corrected chi connectivity index (χ1v) is 11.1. The van der Waals surface area contributed by atoms with Crippen LogP contribution in [0.3, 0.4) is 0 Å². The number of aryl methyl sites for hydroxylation is 1. The molecule has 0 aliphatic rings. The van der Waals surface area contributed by atoms with Crippen LogP contribution < -0.4 is 15.1 Å². The molecule has 2 aromatic carbocycles. The number of aromatic hydroxyl groups is 1. The number of rotatable bonds is 11. The van der Waals surface area contributed by atoms with Crippen LogP contribution in [-0.4, -0.2) is 35.3 Å². The minimum absolute atomic E-state index is 0.0198. The van der Waals surface area contributed by atoms with Crippen LogP contribution in [0.2, 0.25) is 0 Å². The zero-order valence-electron chi connectivity index (χ0n) is 19.1. The number of hydrogen-bond acceptors (Lipinski definition) is 7. The van der Waals surface area contributed by atoms with Gasteiger partial charge in [0.15, 0.2) is 12.0 Å². The Labute approximate surface area is 192 Å². The summed E-state index contributed by atoms with van der Waals surface area (Å²) in [6, 6.07) is 8.24. The predicted molar refractivity (Wildman–Crippen MR) is 124 cm³/mol. The molecule has 1 aromatic heterocycles. The largest absolute Gasteiger partial charge is 0.507 e. The van der Waals surface area contributed by atoms with Gasteiger partial charge < -0.3 is 24.1 Å². The lowest BCUT2D eigenvalue weighted by molar-refractivity contribution is 0.0619. The van der Waals surface area contributed by atoms with E-state index in [4.69, 9.17) is 13.9 Å². The van der Waals surface area contributed by atoms with E-state index in [0.29, 0.717) is 40.7 Å². The van der Waals surface area contributed by atoms with Gasteiger partial charge in [-0.2, -0.15) is 0 Å². The number of hydrogen-bond donors (Lipinski definition) is 2. The molecule has 2 N–H and O–H groups in total. The molecule has 0 spiro atoms. The number of aliphatic hydroxyl groups is 1. The first kappa shape index (κ1) is 24.3. The van der Waals surface area contributed by atoms with E-state index in [1.165, 1.54) is 13.0 Å². The number of carbonyl (C=O) groups is 1. The van der Waals surface area contributed by atoms with Crippen molar-refractivity contribution in [2.75, 3.05) is 13.2 Å². The summed E-state index contributed by atoms with van der Waals surface area (Å²) in [5, 5.41) is 22.0. The van der Waals surface area contributed by atoms with Gasteiger partial charge in [0.1, 0.15) is 36.6 Å². The molecule has 1 radical (unpaired) electrons. The summed E-state index contributed by atoms with van der Waals surface area (Å²) in [6.07, 6.45) is 4.39. The molecule has 1 unspecified atom stereocenters. The van der Waals surface area contributed by atoms with Crippen LogP contribution in [-0.2, 0) is 12.8 Å². The molecule has 0 amide bonds. The Hall–Kier alpha value is -3.32. The average molecular weight is 454 g/mol. The van der Waals surface area contributed by atoms with E-state index in [1.807, 2.05) is 13.8 Å². The standard InChI is InChI=1S/C26H29O7/c1-4-6-18-12-22-17(10-11-31-26(22)30)13-24(18)33-15-19(28)14-32-23-9-8-20(16(3)27)25(29)21(23)7-5-2/h8-10,12-13,19,28-29H,4-7,14-15H2,1-3H3. The fourth-order valence-corrected chi connectivity index (χ4v) is 3.69. The van der Waals surface area contributed by atoms with E-state index in [1.54, 1.807) is 24.3 Å². The van der Waals surface area contributed by atoms with Gasteiger partial charge in [0.05, 0.1) is 10.9 Å². The van der Waals surface area contributed by atoms with E-state index in [-0.39, 0.29) is 30.3 Å². The highest BCUT2D eigenvalue weighted by molar-refractivity contribution is 5.97. The Kier molecular flexibility index (Phi) is 8.11. The molecule has 1 atom stereocenters. The zero-order valence-corrected chi connectivity index (χ0v) is 19.1. The number of benzene rings is 2. The molecule has 7 heteroatoms. The van der Waals surface area contributed by atoms with Crippen LogP contribution in [0.15, 0.2) is 39.5 Å². The lowest BCUT2D eigenvalue weighted by atomic mass is 10.0. The third-order valence-corrected chi connectivity index (χ3v) is 5.32.